The Morgan fingerprint density at radius 1 is 1.29 bits per heavy atom. The molecule has 1 nitrogen and oxygen atoms in total. The Morgan fingerprint density at radius 3 is 2.59 bits per heavy atom. The first-order valence-corrected chi connectivity index (χ1v) is 5.85. The number of halogens is 3. The van der Waals surface area contributed by atoms with E-state index in [4.69, 9.17) is 0 Å². The molecule has 0 aliphatic carbocycles. The largest absolute Gasteiger partial charge is 0.418 e. The fourth-order valence-electron chi connectivity index (χ4n) is 2.28. The van der Waals surface area contributed by atoms with Gasteiger partial charge in [-0.2, -0.15) is 13.2 Å². The number of alkyl halides is 3. The molecule has 1 heterocycles. The van der Waals surface area contributed by atoms with E-state index >= 15 is 0 Å². The van der Waals surface area contributed by atoms with Crippen molar-refractivity contribution in [3.63, 3.8) is 0 Å². The Labute approximate surface area is 99.0 Å². The number of hydrogen-bond acceptors (Lipinski definition) is 1. The molecule has 1 unspecified atom stereocenters. The Kier molecular flexibility index (Phi) is 3.06. The summed E-state index contributed by atoms with van der Waals surface area (Å²) in [5.74, 6) is 0.337. The van der Waals surface area contributed by atoms with E-state index in [1.807, 2.05) is 13.8 Å². The van der Waals surface area contributed by atoms with E-state index < -0.39 is 11.7 Å². The van der Waals surface area contributed by atoms with Gasteiger partial charge >= 0.3 is 6.18 Å². The lowest BCUT2D eigenvalue weighted by molar-refractivity contribution is -0.137. The maximum absolute atomic E-state index is 12.9. The predicted octanol–water partition coefficient (Wildman–Crippen LogP) is 4.09. The average molecular weight is 243 g/mol. The highest BCUT2D eigenvalue weighted by atomic mass is 19.4. The molecule has 0 fully saturated rings. The number of aryl methyl sites for hydroxylation is 1. The third-order valence-corrected chi connectivity index (χ3v) is 3.32. The molecular weight excluding hydrogens is 227 g/mol. The van der Waals surface area contributed by atoms with Crippen LogP contribution >= 0.6 is 0 Å². The molecular formula is C13H16F3N. The van der Waals surface area contributed by atoms with Crippen LogP contribution in [0, 0.1) is 5.92 Å². The highest BCUT2D eigenvalue weighted by molar-refractivity contribution is 5.61. The van der Waals surface area contributed by atoms with Gasteiger partial charge in [0, 0.05) is 11.7 Å². The van der Waals surface area contributed by atoms with Crippen LogP contribution in [0.15, 0.2) is 18.2 Å². The summed E-state index contributed by atoms with van der Waals surface area (Å²) < 4.78 is 38.6. The minimum absolute atomic E-state index is 0.131. The highest BCUT2D eigenvalue weighted by Crippen LogP contribution is 2.39. The zero-order chi connectivity index (χ0) is 12.6. The normalized spacial score (nSPS) is 20.0. The van der Waals surface area contributed by atoms with Crippen LogP contribution in [0.2, 0.25) is 0 Å². The lowest BCUT2D eigenvalue weighted by Crippen LogP contribution is -2.31. The average Bonchev–Trinajstić information content (AvgIpc) is 2.26. The highest BCUT2D eigenvalue weighted by Gasteiger charge is 2.36. The molecule has 17 heavy (non-hydrogen) atoms. The minimum Gasteiger partial charge on any atom is -0.381 e. The molecule has 1 aromatic rings. The number of fused-ring (bicyclic) bond motifs is 1. The van der Waals surface area contributed by atoms with E-state index in [1.54, 1.807) is 6.07 Å². The summed E-state index contributed by atoms with van der Waals surface area (Å²) >= 11 is 0. The van der Waals surface area contributed by atoms with Crippen molar-refractivity contribution >= 4 is 5.69 Å². The summed E-state index contributed by atoms with van der Waals surface area (Å²) in [6.45, 7) is 4.05. The molecule has 4 heteroatoms. The third-order valence-electron chi connectivity index (χ3n) is 3.32. The second kappa shape index (κ2) is 4.24. The quantitative estimate of drug-likeness (QED) is 0.783. The Hall–Kier alpha value is -1.19. The number of nitrogens with one attached hydrogen (secondary N) is 1. The molecule has 0 spiro atoms. The summed E-state index contributed by atoms with van der Waals surface area (Å²) in [6, 6.07) is 4.54. The van der Waals surface area contributed by atoms with Gasteiger partial charge in [-0.25, -0.2) is 0 Å². The molecule has 0 saturated heterocycles. The maximum atomic E-state index is 12.9. The fraction of sp³-hybridized carbons (Fsp3) is 0.538. The molecule has 0 amide bonds. The standard InChI is InChI=1S/C13H16F3N/c1-8(2)11-7-6-9-4-3-5-10(12(9)17-11)13(14,15)16/h3-5,8,11,17H,6-7H2,1-2H3. The molecule has 1 N–H and O–H groups in total. The van der Waals surface area contributed by atoms with Crippen molar-refractivity contribution < 1.29 is 13.2 Å². The maximum Gasteiger partial charge on any atom is 0.418 e. The number of anilines is 1. The predicted molar refractivity (Wildman–Crippen MR) is 62.0 cm³/mol. The van der Waals surface area contributed by atoms with Crippen LogP contribution in [0.1, 0.15) is 31.4 Å². The van der Waals surface area contributed by atoms with Gasteiger partial charge in [0.1, 0.15) is 0 Å². The SMILES string of the molecule is CC(C)C1CCc2cccc(C(F)(F)F)c2N1. The molecule has 1 aromatic carbocycles. The van der Waals surface area contributed by atoms with Crippen LogP contribution < -0.4 is 5.32 Å². The summed E-state index contributed by atoms with van der Waals surface area (Å²) in [4.78, 5) is 0. The second-order valence-electron chi connectivity index (χ2n) is 4.87. The Balaban J connectivity index is 2.40. The monoisotopic (exact) mass is 243 g/mol. The molecule has 0 bridgehead atoms. The first-order valence-electron chi connectivity index (χ1n) is 5.85. The Morgan fingerprint density at radius 2 is 2.00 bits per heavy atom. The van der Waals surface area contributed by atoms with Crippen molar-refractivity contribution in [3.8, 4) is 0 Å². The van der Waals surface area contributed by atoms with Crippen molar-refractivity contribution in [1.29, 1.82) is 0 Å². The number of benzene rings is 1. The zero-order valence-electron chi connectivity index (χ0n) is 9.93. The molecule has 0 radical (unpaired) electrons. The first kappa shape index (κ1) is 12.3. The van der Waals surface area contributed by atoms with Gasteiger partial charge in [0.15, 0.2) is 0 Å². The van der Waals surface area contributed by atoms with Gasteiger partial charge in [-0.05, 0) is 30.4 Å². The summed E-state index contributed by atoms with van der Waals surface area (Å²) in [7, 11) is 0. The topological polar surface area (TPSA) is 12.0 Å². The fourth-order valence-corrected chi connectivity index (χ4v) is 2.28. The smallest absolute Gasteiger partial charge is 0.381 e. The summed E-state index contributed by atoms with van der Waals surface area (Å²) in [5, 5.41) is 3.05. The van der Waals surface area contributed by atoms with Gasteiger partial charge in [0.05, 0.1) is 5.56 Å². The van der Waals surface area contributed by atoms with Crippen molar-refractivity contribution in [1.82, 2.24) is 0 Å². The van der Waals surface area contributed by atoms with Gasteiger partial charge in [0.2, 0.25) is 0 Å². The summed E-state index contributed by atoms with van der Waals surface area (Å²) in [6.07, 6.45) is -2.67. The lowest BCUT2D eigenvalue weighted by Gasteiger charge is -2.31. The van der Waals surface area contributed by atoms with Crippen LogP contribution in [0.25, 0.3) is 0 Å². The van der Waals surface area contributed by atoms with Crippen molar-refractivity contribution in [2.45, 2.75) is 38.9 Å². The molecule has 0 saturated carbocycles. The van der Waals surface area contributed by atoms with Gasteiger partial charge in [0.25, 0.3) is 0 Å². The van der Waals surface area contributed by atoms with E-state index in [9.17, 15) is 13.2 Å². The number of para-hydroxylation sites is 1. The van der Waals surface area contributed by atoms with E-state index in [0.29, 0.717) is 5.92 Å². The molecule has 1 atom stereocenters. The van der Waals surface area contributed by atoms with E-state index in [-0.39, 0.29) is 11.7 Å². The van der Waals surface area contributed by atoms with Gasteiger partial charge in [-0.15, -0.1) is 0 Å². The van der Waals surface area contributed by atoms with Gasteiger partial charge in [-0.1, -0.05) is 26.0 Å². The Bertz CT molecular complexity index is 410. The van der Waals surface area contributed by atoms with Crippen LogP contribution in [0.4, 0.5) is 18.9 Å². The van der Waals surface area contributed by atoms with Gasteiger partial charge < -0.3 is 5.32 Å². The number of rotatable bonds is 1. The zero-order valence-corrected chi connectivity index (χ0v) is 9.93. The lowest BCUT2D eigenvalue weighted by atomic mass is 9.90. The summed E-state index contributed by atoms with van der Waals surface area (Å²) in [5.41, 5.74) is 0.516. The van der Waals surface area contributed by atoms with Gasteiger partial charge in [-0.3, -0.25) is 0 Å². The van der Waals surface area contributed by atoms with Crippen molar-refractivity contribution in [3.05, 3.63) is 29.3 Å². The first-order chi connectivity index (χ1) is 7.89. The van der Waals surface area contributed by atoms with Crippen LogP contribution in [0.5, 0.6) is 0 Å². The van der Waals surface area contributed by atoms with E-state index in [1.165, 1.54) is 6.07 Å². The van der Waals surface area contributed by atoms with Crippen LogP contribution in [0.3, 0.4) is 0 Å². The minimum atomic E-state index is -4.28. The molecule has 1 aliphatic heterocycles. The second-order valence-corrected chi connectivity index (χ2v) is 4.87. The molecule has 0 aromatic heterocycles. The van der Waals surface area contributed by atoms with E-state index in [0.717, 1.165) is 24.5 Å². The van der Waals surface area contributed by atoms with E-state index in [2.05, 4.69) is 5.32 Å². The van der Waals surface area contributed by atoms with Crippen LogP contribution in [-0.2, 0) is 12.6 Å². The molecule has 2 rings (SSSR count). The third kappa shape index (κ3) is 2.40. The number of hydrogen-bond donors (Lipinski definition) is 1. The molecule has 94 valence electrons. The van der Waals surface area contributed by atoms with Crippen LogP contribution in [-0.4, -0.2) is 6.04 Å². The molecule has 1 aliphatic rings. The van der Waals surface area contributed by atoms with Crippen molar-refractivity contribution in [2.24, 2.45) is 5.92 Å². The van der Waals surface area contributed by atoms with Crippen molar-refractivity contribution in [2.75, 3.05) is 5.32 Å².